The minimum atomic E-state index is 0.340. The molecule has 0 aromatic carbocycles. The van der Waals surface area contributed by atoms with Gasteiger partial charge in [-0.15, -0.1) is 0 Å². The van der Waals surface area contributed by atoms with E-state index in [0.29, 0.717) is 17.7 Å². The molecule has 0 amide bonds. The van der Waals surface area contributed by atoms with E-state index in [1.165, 1.54) is 18.4 Å². The van der Waals surface area contributed by atoms with Gasteiger partial charge in [0, 0.05) is 24.9 Å². The van der Waals surface area contributed by atoms with E-state index in [-0.39, 0.29) is 0 Å². The second kappa shape index (κ2) is 4.48. The summed E-state index contributed by atoms with van der Waals surface area (Å²) in [6.07, 6.45) is 5.52. The van der Waals surface area contributed by atoms with Crippen LogP contribution in [-0.2, 0) is 4.79 Å². The van der Waals surface area contributed by atoms with Gasteiger partial charge in [0.05, 0.1) is 0 Å². The van der Waals surface area contributed by atoms with Gasteiger partial charge in [0.25, 0.3) is 0 Å². The highest BCUT2D eigenvalue weighted by molar-refractivity contribution is 5.83. The van der Waals surface area contributed by atoms with Crippen LogP contribution < -0.4 is 0 Å². The maximum atomic E-state index is 11.7. The molecule has 1 saturated carbocycles. The van der Waals surface area contributed by atoms with Crippen LogP contribution in [0.4, 0.5) is 0 Å². The van der Waals surface area contributed by atoms with Crippen LogP contribution in [0.1, 0.15) is 39.0 Å². The van der Waals surface area contributed by atoms with Crippen molar-refractivity contribution >= 4 is 5.78 Å². The molecule has 84 valence electrons. The van der Waals surface area contributed by atoms with Gasteiger partial charge in [-0.2, -0.15) is 0 Å². The summed E-state index contributed by atoms with van der Waals surface area (Å²) in [4.78, 5) is 14.2. The van der Waals surface area contributed by atoms with Crippen LogP contribution in [0.3, 0.4) is 0 Å². The summed E-state index contributed by atoms with van der Waals surface area (Å²) in [6, 6.07) is 0.525. The molecule has 1 heterocycles. The van der Waals surface area contributed by atoms with Gasteiger partial charge >= 0.3 is 0 Å². The van der Waals surface area contributed by atoms with Crippen LogP contribution in [0.15, 0.2) is 12.2 Å². The Morgan fingerprint density at radius 2 is 2.27 bits per heavy atom. The number of rotatable bonds is 3. The number of ketones is 1. The first-order valence-corrected chi connectivity index (χ1v) is 6.09. The molecule has 2 fully saturated rings. The molecule has 0 aromatic heterocycles. The van der Waals surface area contributed by atoms with E-state index in [1.54, 1.807) is 0 Å². The van der Waals surface area contributed by atoms with E-state index in [9.17, 15) is 4.79 Å². The minimum Gasteiger partial charge on any atom is -0.299 e. The molecule has 0 N–H and O–H groups in total. The summed E-state index contributed by atoms with van der Waals surface area (Å²) >= 11 is 0. The maximum Gasteiger partial charge on any atom is 0.137 e. The number of carbonyl (C=O) groups is 1. The average Bonchev–Trinajstić information content (AvgIpc) is 2.73. The standard InChI is InChI=1S/C13H21NO/c1-10(2)9-14-8-4-6-12(14)11-5-3-7-13(11)15/h11-12H,1,3-9H2,2H3. The number of hydrogen-bond donors (Lipinski definition) is 0. The van der Waals surface area contributed by atoms with Crippen molar-refractivity contribution in [2.45, 2.75) is 45.1 Å². The zero-order valence-corrected chi connectivity index (χ0v) is 9.67. The first-order valence-electron chi connectivity index (χ1n) is 6.09. The number of carbonyl (C=O) groups excluding carboxylic acids is 1. The smallest absolute Gasteiger partial charge is 0.137 e. The zero-order valence-electron chi connectivity index (χ0n) is 9.67. The number of nitrogens with zero attached hydrogens (tertiary/aromatic N) is 1. The molecule has 15 heavy (non-hydrogen) atoms. The van der Waals surface area contributed by atoms with E-state index in [0.717, 1.165) is 32.4 Å². The number of Topliss-reactive ketones (excluding diaryl/α,β-unsaturated/α-hetero) is 1. The summed E-state index contributed by atoms with van der Waals surface area (Å²) in [5.41, 5.74) is 1.22. The highest BCUT2D eigenvalue weighted by atomic mass is 16.1. The Labute approximate surface area is 92.3 Å². The van der Waals surface area contributed by atoms with Crippen LogP contribution in [0, 0.1) is 5.92 Å². The van der Waals surface area contributed by atoms with Gasteiger partial charge < -0.3 is 0 Å². The second-order valence-electron chi connectivity index (χ2n) is 5.10. The Balaban J connectivity index is 2.00. The molecule has 0 bridgehead atoms. The summed E-state index contributed by atoms with van der Waals surface area (Å²) in [5, 5.41) is 0. The van der Waals surface area contributed by atoms with E-state index in [4.69, 9.17) is 0 Å². The molecule has 1 aliphatic carbocycles. The maximum absolute atomic E-state index is 11.7. The van der Waals surface area contributed by atoms with Gasteiger partial charge in [0.2, 0.25) is 0 Å². The van der Waals surface area contributed by atoms with E-state index < -0.39 is 0 Å². The summed E-state index contributed by atoms with van der Waals surface area (Å²) < 4.78 is 0. The van der Waals surface area contributed by atoms with Gasteiger partial charge in [-0.25, -0.2) is 0 Å². The molecule has 2 rings (SSSR count). The molecule has 2 atom stereocenters. The Morgan fingerprint density at radius 1 is 1.47 bits per heavy atom. The first kappa shape index (κ1) is 10.9. The van der Waals surface area contributed by atoms with E-state index in [2.05, 4.69) is 18.4 Å². The Hall–Kier alpha value is -0.630. The molecule has 0 aromatic rings. The lowest BCUT2D eigenvalue weighted by Crippen LogP contribution is -2.38. The Bertz CT molecular complexity index is 272. The quantitative estimate of drug-likeness (QED) is 0.662. The average molecular weight is 207 g/mol. The topological polar surface area (TPSA) is 20.3 Å². The van der Waals surface area contributed by atoms with Crippen molar-refractivity contribution in [3.8, 4) is 0 Å². The lowest BCUT2D eigenvalue weighted by molar-refractivity contribution is -0.122. The SMILES string of the molecule is C=C(C)CN1CCCC1C1CCCC1=O. The molecule has 2 heteroatoms. The predicted octanol–water partition coefficient (Wildman–Crippen LogP) is 2.40. The van der Waals surface area contributed by atoms with Crippen LogP contribution in [0.5, 0.6) is 0 Å². The number of hydrogen-bond acceptors (Lipinski definition) is 2. The summed E-state index contributed by atoms with van der Waals surface area (Å²) in [6.45, 7) is 8.18. The molecule has 0 spiro atoms. The summed E-state index contributed by atoms with van der Waals surface area (Å²) in [5.74, 6) is 0.848. The van der Waals surface area contributed by atoms with Crippen LogP contribution >= 0.6 is 0 Å². The lowest BCUT2D eigenvalue weighted by atomic mass is 9.95. The van der Waals surface area contributed by atoms with Crippen LogP contribution in [0.2, 0.25) is 0 Å². The lowest BCUT2D eigenvalue weighted by Gasteiger charge is -2.28. The normalized spacial score (nSPS) is 32.5. The fraction of sp³-hybridized carbons (Fsp3) is 0.769. The van der Waals surface area contributed by atoms with Crippen molar-refractivity contribution in [1.29, 1.82) is 0 Å². The molecule has 2 nitrogen and oxygen atoms in total. The summed E-state index contributed by atoms with van der Waals surface area (Å²) in [7, 11) is 0. The largest absolute Gasteiger partial charge is 0.299 e. The monoisotopic (exact) mass is 207 g/mol. The van der Waals surface area contributed by atoms with Crippen molar-refractivity contribution in [1.82, 2.24) is 4.90 Å². The molecular weight excluding hydrogens is 186 g/mol. The van der Waals surface area contributed by atoms with Gasteiger partial charge in [0.1, 0.15) is 5.78 Å². The van der Waals surface area contributed by atoms with Crippen molar-refractivity contribution in [3.63, 3.8) is 0 Å². The van der Waals surface area contributed by atoms with Crippen molar-refractivity contribution < 1.29 is 4.79 Å². The van der Waals surface area contributed by atoms with Gasteiger partial charge in [-0.05, 0) is 39.2 Å². The van der Waals surface area contributed by atoms with E-state index >= 15 is 0 Å². The third-order valence-electron chi connectivity index (χ3n) is 3.70. The third kappa shape index (κ3) is 2.31. The van der Waals surface area contributed by atoms with Crippen molar-refractivity contribution in [2.75, 3.05) is 13.1 Å². The second-order valence-corrected chi connectivity index (χ2v) is 5.10. The van der Waals surface area contributed by atoms with Crippen molar-refractivity contribution in [2.24, 2.45) is 5.92 Å². The van der Waals surface area contributed by atoms with Crippen LogP contribution in [-0.4, -0.2) is 29.8 Å². The molecular formula is C13H21NO. The van der Waals surface area contributed by atoms with Crippen molar-refractivity contribution in [3.05, 3.63) is 12.2 Å². The highest BCUT2D eigenvalue weighted by Crippen LogP contribution is 2.33. The van der Waals surface area contributed by atoms with Gasteiger partial charge in [0.15, 0.2) is 0 Å². The first-order chi connectivity index (χ1) is 7.18. The van der Waals surface area contributed by atoms with E-state index in [1.807, 2.05) is 0 Å². The Morgan fingerprint density at radius 3 is 2.87 bits per heavy atom. The molecule has 1 aliphatic heterocycles. The third-order valence-corrected chi connectivity index (χ3v) is 3.70. The van der Waals surface area contributed by atoms with Gasteiger partial charge in [-0.1, -0.05) is 12.2 Å². The van der Waals surface area contributed by atoms with Gasteiger partial charge in [-0.3, -0.25) is 9.69 Å². The zero-order chi connectivity index (χ0) is 10.8. The highest BCUT2D eigenvalue weighted by Gasteiger charge is 2.37. The minimum absolute atomic E-state index is 0.340. The predicted molar refractivity (Wildman–Crippen MR) is 61.8 cm³/mol. The molecule has 1 saturated heterocycles. The fourth-order valence-corrected chi connectivity index (χ4v) is 3.10. The van der Waals surface area contributed by atoms with Crippen LogP contribution in [0.25, 0.3) is 0 Å². The molecule has 2 aliphatic rings. The molecule has 0 radical (unpaired) electrons. The Kier molecular flexibility index (Phi) is 3.25. The molecule has 2 unspecified atom stereocenters. The fourth-order valence-electron chi connectivity index (χ4n) is 3.10. The number of likely N-dealkylation sites (tertiary alicyclic amines) is 1.